The van der Waals surface area contributed by atoms with Crippen molar-refractivity contribution >= 4 is 6.08 Å². The highest BCUT2D eigenvalue weighted by Crippen LogP contribution is 2.31. The lowest BCUT2D eigenvalue weighted by Crippen LogP contribution is -2.17. The largest absolute Gasteiger partial charge is 0.573 e. The van der Waals surface area contributed by atoms with E-state index in [-0.39, 0.29) is 11.3 Å². The first kappa shape index (κ1) is 18.5. The Morgan fingerprint density at radius 3 is 2.33 bits per heavy atom. The standard InChI is InChI=1S/C21H16F3NO2/c1-2-16-12-17(8-10-19(16)27-21(22,23)24)18-9-11-20(25-13-18)26-14-15-6-4-3-5-7-15/h2-13H,1,14H2. The molecule has 0 N–H and O–H groups in total. The van der Waals surface area contributed by atoms with Crippen molar-refractivity contribution in [2.45, 2.75) is 13.0 Å². The van der Waals surface area contributed by atoms with E-state index in [1.807, 2.05) is 30.3 Å². The van der Waals surface area contributed by atoms with Gasteiger partial charge in [0.1, 0.15) is 12.4 Å². The van der Waals surface area contributed by atoms with Crippen LogP contribution in [-0.4, -0.2) is 11.3 Å². The summed E-state index contributed by atoms with van der Waals surface area (Å²) in [5, 5.41) is 0. The second-order valence-corrected chi connectivity index (χ2v) is 5.66. The summed E-state index contributed by atoms with van der Waals surface area (Å²) in [5.74, 6) is 0.167. The van der Waals surface area contributed by atoms with E-state index in [1.54, 1.807) is 24.4 Å². The lowest BCUT2D eigenvalue weighted by Gasteiger charge is -2.13. The Morgan fingerprint density at radius 1 is 0.963 bits per heavy atom. The van der Waals surface area contributed by atoms with Crippen molar-refractivity contribution in [1.82, 2.24) is 4.98 Å². The van der Waals surface area contributed by atoms with Crippen molar-refractivity contribution in [1.29, 1.82) is 0 Å². The third-order valence-electron chi connectivity index (χ3n) is 3.75. The van der Waals surface area contributed by atoms with Gasteiger partial charge < -0.3 is 9.47 Å². The molecule has 0 aliphatic rings. The summed E-state index contributed by atoms with van der Waals surface area (Å²) >= 11 is 0. The predicted octanol–water partition coefficient (Wildman–Crippen LogP) is 5.87. The topological polar surface area (TPSA) is 31.4 Å². The zero-order valence-electron chi connectivity index (χ0n) is 14.2. The number of rotatable bonds is 6. The van der Waals surface area contributed by atoms with Gasteiger partial charge in [0.2, 0.25) is 5.88 Å². The minimum absolute atomic E-state index is 0.245. The first-order valence-electron chi connectivity index (χ1n) is 8.10. The molecule has 0 saturated carbocycles. The van der Waals surface area contributed by atoms with Crippen molar-refractivity contribution in [3.8, 4) is 22.8 Å². The second kappa shape index (κ2) is 7.95. The summed E-state index contributed by atoms with van der Waals surface area (Å²) in [4.78, 5) is 4.25. The first-order valence-corrected chi connectivity index (χ1v) is 8.10. The molecule has 3 aromatic rings. The Labute approximate surface area is 154 Å². The Balaban J connectivity index is 1.73. The molecule has 27 heavy (non-hydrogen) atoms. The molecule has 138 valence electrons. The molecule has 0 aliphatic heterocycles. The maximum atomic E-state index is 12.4. The highest BCUT2D eigenvalue weighted by atomic mass is 19.4. The molecule has 0 spiro atoms. The predicted molar refractivity (Wildman–Crippen MR) is 97.2 cm³/mol. The van der Waals surface area contributed by atoms with Crippen molar-refractivity contribution in [3.63, 3.8) is 0 Å². The summed E-state index contributed by atoms with van der Waals surface area (Å²) in [5.41, 5.74) is 2.71. The van der Waals surface area contributed by atoms with Crippen LogP contribution in [0.1, 0.15) is 11.1 Å². The Hall–Kier alpha value is -3.28. The van der Waals surface area contributed by atoms with Crippen LogP contribution in [0.4, 0.5) is 13.2 Å². The SMILES string of the molecule is C=Cc1cc(-c2ccc(OCc3ccccc3)nc2)ccc1OC(F)(F)F. The summed E-state index contributed by atoms with van der Waals surface area (Å²) in [6.45, 7) is 3.94. The Kier molecular flexibility index (Phi) is 5.45. The van der Waals surface area contributed by atoms with Gasteiger partial charge in [0, 0.05) is 23.4 Å². The molecule has 0 bridgehead atoms. The van der Waals surface area contributed by atoms with Gasteiger partial charge >= 0.3 is 6.36 Å². The maximum Gasteiger partial charge on any atom is 0.573 e. The van der Waals surface area contributed by atoms with E-state index < -0.39 is 6.36 Å². The fraction of sp³-hybridized carbons (Fsp3) is 0.0952. The zero-order chi connectivity index (χ0) is 19.3. The molecule has 0 saturated heterocycles. The van der Waals surface area contributed by atoms with Gasteiger partial charge in [0.25, 0.3) is 0 Å². The maximum absolute atomic E-state index is 12.4. The number of nitrogens with zero attached hydrogens (tertiary/aromatic N) is 1. The highest BCUT2D eigenvalue weighted by molar-refractivity contribution is 5.69. The fourth-order valence-corrected chi connectivity index (χ4v) is 2.47. The minimum atomic E-state index is -4.75. The molecule has 1 heterocycles. The molecule has 0 atom stereocenters. The average Bonchev–Trinajstić information content (AvgIpc) is 2.67. The van der Waals surface area contributed by atoms with Crippen molar-refractivity contribution < 1.29 is 22.6 Å². The Bertz CT molecular complexity index is 907. The average molecular weight is 371 g/mol. The molecule has 0 fully saturated rings. The number of ether oxygens (including phenoxy) is 2. The van der Waals surface area contributed by atoms with E-state index in [4.69, 9.17) is 4.74 Å². The number of aromatic nitrogens is 1. The van der Waals surface area contributed by atoms with Gasteiger partial charge in [-0.3, -0.25) is 0 Å². The van der Waals surface area contributed by atoms with Gasteiger partial charge in [-0.15, -0.1) is 13.2 Å². The lowest BCUT2D eigenvalue weighted by molar-refractivity contribution is -0.274. The van der Waals surface area contributed by atoms with E-state index in [0.29, 0.717) is 18.1 Å². The van der Waals surface area contributed by atoms with E-state index in [2.05, 4.69) is 16.3 Å². The molecular weight excluding hydrogens is 355 g/mol. The zero-order valence-corrected chi connectivity index (χ0v) is 14.2. The van der Waals surface area contributed by atoms with Crippen molar-refractivity contribution in [3.05, 3.63) is 84.6 Å². The number of alkyl halides is 3. The van der Waals surface area contributed by atoms with Crippen LogP contribution in [0.5, 0.6) is 11.6 Å². The van der Waals surface area contributed by atoms with Crippen LogP contribution in [0.15, 0.2) is 73.4 Å². The third-order valence-corrected chi connectivity index (χ3v) is 3.75. The van der Waals surface area contributed by atoms with Crippen LogP contribution in [0.25, 0.3) is 17.2 Å². The molecule has 6 heteroatoms. The summed E-state index contributed by atoms with van der Waals surface area (Å²) in [6.07, 6.45) is -1.83. The smallest absolute Gasteiger partial charge is 0.473 e. The Morgan fingerprint density at radius 2 is 1.70 bits per heavy atom. The van der Waals surface area contributed by atoms with Gasteiger partial charge in [-0.25, -0.2) is 4.98 Å². The van der Waals surface area contributed by atoms with Gasteiger partial charge in [-0.05, 0) is 29.3 Å². The van der Waals surface area contributed by atoms with E-state index in [0.717, 1.165) is 11.1 Å². The number of halogens is 3. The molecule has 1 aromatic heterocycles. The highest BCUT2D eigenvalue weighted by Gasteiger charge is 2.31. The molecule has 0 amide bonds. The molecule has 3 rings (SSSR count). The molecular formula is C21H16F3NO2. The minimum Gasteiger partial charge on any atom is -0.473 e. The third kappa shape index (κ3) is 5.10. The quantitative estimate of drug-likeness (QED) is 0.543. The normalized spacial score (nSPS) is 11.1. The van der Waals surface area contributed by atoms with Crippen LogP contribution in [0.3, 0.4) is 0 Å². The number of benzene rings is 2. The van der Waals surface area contributed by atoms with Gasteiger partial charge in [-0.1, -0.05) is 49.1 Å². The van der Waals surface area contributed by atoms with E-state index >= 15 is 0 Å². The summed E-state index contributed by atoms with van der Waals surface area (Å²) in [6, 6.07) is 17.6. The van der Waals surface area contributed by atoms with Crippen LogP contribution in [-0.2, 0) is 6.61 Å². The van der Waals surface area contributed by atoms with Crippen molar-refractivity contribution in [2.24, 2.45) is 0 Å². The first-order chi connectivity index (χ1) is 12.9. The molecule has 0 radical (unpaired) electrons. The fourth-order valence-electron chi connectivity index (χ4n) is 2.47. The van der Waals surface area contributed by atoms with Crippen molar-refractivity contribution in [2.75, 3.05) is 0 Å². The van der Waals surface area contributed by atoms with Crippen LogP contribution in [0, 0.1) is 0 Å². The summed E-state index contributed by atoms with van der Waals surface area (Å²) < 4.78 is 47.0. The van der Waals surface area contributed by atoms with E-state index in [1.165, 1.54) is 18.2 Å². The molecule has 0 unspecified atom stereocenters. The molecule has 2 aromatic carbocycles. The van der Waals surface area contributed by atoms with Crippen LogP contribution >= 0.6 is 0 Å². The lowest BCUT2D eigenvalue weighted by atomic mass is 10.0. The summed E-state index contributed by atoms with van der Waals surface area (Å²) in [7, 11) is 0. The number of hydrogen-bond acceptors (Lipinski definition) is 3. The number of hydrogen-bond donors (Lipinski definition) is 0. The number of pyridine rings is 1. The van der Waals surface area contributed by atoms with E-state index in [9.17, 15) is 13.2 Å². The van der Waals surface area contributed by atoms with Crippen LogP contribution < -0.4 is 9.47 Å². The van der Waals surface area contributed by atoms with Gasteiger partial charge in [0.05, 0.1) is 0 Å². The van der Waals surface area contributed by atoms with Gasteiger partial charge in [0.15, 0.2) is 0 Å². The van der Waals surface area contributed by atoms with Gasteiger partial charge in [-0.2, -0.15) is 0 Å². The molecule has 3 nitrogen and oxygen atoms in total. The van der Waals surface area contributed by atoms with Crippen LogP contribution in [0.2, 0.25) is 0 Å². The molecule has 0 aliphatic carbocycles. The monoisotopic (exact) mass is 371 g/mol. The second-order valence-electron chi connectivity index (χ2n) is 5.66.